The Morgan fingerprint density at radius 3 is 2.88 bits per heavy atom. The molecule has 6 nitrogen and oxygen atoms in total. The Labute approximate surface area is 155 Å². The zero-order valence-corrected chi connectivity index (χ0v) is 15.6. The zero-order valence-electron chi connectivity index (χ0n) is 15.6. The first kappa shape index (κ1) is 18.4. The van der Waals surface area contributed by atoms with E-state index in [0.717, 1.165) is 30.7 Å². The Bertz CT molecular complexity index is 734. The molecule has 1 aromatic heterocycles. The fourth-order valence-corrected chi connectivity index (χ4v) is 2.84. The monoisotopic (exact) mass is 353 g/mol. The minimum absolute atomic E-state index is 0.195. The Morgan fingerprint density at radius 1 is 1.38 bits per heavy atom. The lowest BCUT2D eigenvalue weighted by atomic mass is 10.1. The van der Waals surface area contributed by atoms with Crippen LogP contribution in [0.1, 0.15) is 43.4 Å². The molecule has 1 unspecified atom stereocenters. The van der Waals surface area contributed by atoms with Gasteiger partial charge in [-0.15, -0.1) is 0 Å². The number of ether oxygens (including phenoxy) is 1. The maximum atomic E-state index is 5.70. The van der Waals surface area contributed by atoms with Crippen molar-refractivity contribution >= 4 is 17.6 Å². The maximum Gasteiger partial charge on any atom is 0.128 e. The van der Waals surface area contributed by atoms with Crippen LogP contribution in [-0.4, -0.2) is 50.3 Å². The molecule has 138 valence electrons. The van der Waals surface area contributed by atoms with Crippen molar-refractivity contribution in [1.82, 2.24) is 4.98 Å². The summed E-state index contributed by atoms with van der Waals surface area (Å²) in [6.45, 7) is 1.45. The van der Waals surface area contributed by atoms with Crippen LogP contribution in [0.5, 0.6) is 0 Å². The van der Waals surface area contributed by atoms with E-state index in [-0.39, 0.29) is 6.10 Å². The molecular weight excluding hydrogens is 326 g/mol. The van der Waals surface area contributed by atoms with E-state index in [2.05, 4.69) is 26.9 Å². The lowest BCUT2D eigenvalue weighted by Crippen LogP contribution is -2.22. The molecule has 0 aromatic carbocycles. The van der Waals surface area contributed by atoms with Gasteiger partial charge in [0.25, 0.3) is 0 Å². The van der Waals surface area contributed by atoms with Gasteiger partial charge in [0.1, 0.15) is 11.4 Å². The second-order valence-corrected chi connectivity index (χ2v) is 7.03. The molecule has 2 aliphatic rings. The van der Waals surface area contributed by atoms with Gasteiger partial charge in [0.05, 0.1) is 24.6 Å². The van der Waals surface area contributed by atoms with Crippen LogP contribution >= 0.6 is 0 Å². The van der Waals surface area contributed by atoms with E-state index in [4.69, 9.17) is 10.6 Å². The van der Waals surface area contributed by atoms with Gasteiger partial charge in [0, 0.05) is 38.4 Å². The zero-order chi connectivity index (χ0) is 18.4. The average molecular weight is 353 g/mol. The highest BCUT2D eigenvalue weighted by molar-refractivity contribution is 6.38. The number of aliphatic imine (C=N–C) groups is 1. The molecule has 1 saturated heterocycles. The predicted octanol–water partition coefficient (Wildman–Crippen LogP) is 2.21. The summed E-state index contributed by atoms with van der Waals surface area (Å²) in [5, 5.41) is 3.90. The molecule has 6 heteroatoms. The fourth-order valence-electron chi connectivity index (χ4n) is 2.84. The quantitative estimate of drug-likeness (QED) is 0.381. The van der Waals surface area contributed by atoms with Crippen LogP contribution in [-0.2, 0) is 4.74 Å². The van der Waals surface area contributed by atoms with E-state index in [0.29, 0.717) is 23.9 Å². The molecule has 1 aromatic rings. The lowest BCUT2D eigenvalue weighted by Gasteiger charge is -2.20. The summed E-state index contributed by atoms with van der Waals surface area (Å²) in [6, 6.07) is 2.03. The highest BCUT2D eigenvalue weighted by Gasteiger charge is 2.18. The smallest absolute Gasteiger partial charge is 0.128 e. The number of pyridine rings is 1. The summed E-state index contributed by atoms with van der Waals surface area (Å²) in [5.74, 6) is 12.7. The van der Waals surface area contributed by atoms with Gasteiger partial charge in [-0.2, -0.15) is 5.10 Å². The number of aromatic nitrogens is 1. The molecule has 1 saturated carbocycles. The van der Waals surface area contributed by atoms with Crippen molar-refractivity contribution in [2.45, 2.75) is 38.2 Å². The van der Waals surface area contributed by atoms with Gasteiger partial charge in [-0.25, -0.2) is 0 Å². The Hall–Kier alpha value is -2.39. The van der Waals surface area contributed by atoms with Gasteiger partial charge >= 0.3 is 0 Å². The molecule has 26 heavy (non-hydrogen) atoms. The van der Waals surface area contributed by atoms with Gasteiger partial charge in [0.15, 0.2) is 0 Å². The summed E-state index contributed by atoms with van der Waals surface area (Å²) >= 11 is 0. The average Bonchev–Trinajstić information content (AvgIpc) is 3.49. The Morgan fingerprint density at radius 2 is 2.23 bits per heavy atom. The third-order valence-electron chi connectivity index (χ3n) is 4.53. The first-order valence-electron chi connectivity index (χ1n) is 9.26. The maximum absolute atomic E-state index is 5.70. The van der Waals surface area contributed by atoms with Crippen molar-refractivity contribution in [1.29, 1.82) is 0 Å². The van der Waals surface area contributed by atoms with Crippen molar-refractivity contribution in [2.75, 3.05) is 32.1 Å². The van der Waals surface area contributed by atoms with Crippen molar-refractivity contribution in [3.63, 3.8) is 0 Å². The topological polar surface area (TPSA) is 76.1 Å². The fraction of sp³-hybridized carbons (Fsp3) is 0.550. The molecule has 0 bridgehead atoms. The van der Waals surface area contributed by atoms with E-state index in [1.807, 2.05) is 25.1 Å². The van der Waals surface area contributed by atoms with Gasteiger partial charge in [0.2, 0.25) is 0 Å². The molecule has 0 amide bonds. The van der Waals surface area contributed by atoms with Crippen LogP contribution in [0.3, 0.4) is 0 Å². The molecule has 2 heterocycles. The molecule has 1 aliphatic carbocycles. The predicted molar refractivity (Wildman–Crippen MR) is 106 cm³/mol. The molecule has 3 rings (SSSR count). The first-order chi connectivity index (χ1) is 12.7. The Kier molecular flexibility index (Phi) is 6.24. The number of hydrogen-bond donors (Lipinski definition) is 1. The number of rotatable bonds is 5. The van der Waals surface area contributed by atoms with Crippen LogP contribution in [0.15, 0.2) is 22.4 Å². The van der Waals surface area contributed by atoms with E-state index in [1.54, 1.807) is 12.4 Å². The van der Waals surface area contributed by atoms with Gasteiger partial charge in [-0.05, 0) is 38.2 Å². The third-order valence-corrected chi connectivity index (χ3v) is 4.53. The minimum atomic E-state index is 0.195. The second kappa shape index (κ2) is 8.81. The van der Waals surface area contributed by atoms with Gasteiger partial charge < -0.3 is 15.5 Å². The van der Waals surface area contributed by atoms with Crippen molar-refractivity contribution in [3.8, 4) is 11.8 Å². The largest absolute Gasteiger partial charge is 0.376 e. The van der Waals surface area contributed by atoms with Crippen LogP contribution in [0.4, 0.5) is 5.69 Å². The number of hydrazone groups is 1. The summed E-state index contributed by atoms with van der Waals surface area (Å²) in [6.07, 6.45) is 9.50. The van der Waals surface area contributed by atoms with Crippen molar-refractivity contribution in [2.24, 2.45) is 21.9 Å². The summed E-state index contributed by atoms with van der Waals surface area (Å²) in [5.41, 5.74) is 3.11. The number of nitrogens with two attached hydrogens (primary N) is 1. The van der Waals surface area contributed by atoms with Crippen LogP contribution in [0, 0.1) is 17.8 Å². The highest BCUT2D eigenvalue weighted by Crippen LogP contribution is 2.27. The molecule has 0 radical (unpaired) electrons. The van der Waals surface area contributed by atoms with Crippen LogP contribution < -0.4 is 10.7 Å². The van der Waals surface area contributed by atoms with E-state index < -0.39 is 0 Å². The number of hydrogen-bond acceptors (Lipinski definition) is 6. The molecule has 1 atom stereocenters. The first-order valence-corrected chi connectivity index (χ1v) is 9.26. The van der Waals surface area contributed by atoms with Crippen molar-refractivity contribution < 1.29 is 4.74 Å². The van der Waals surface area contributed by atoms with E-state index >= 15 is 0 Å². The standard InChI is InChI=1S/C20H27N5O/c1-25(2)19-11-16(9-8-15-6-7-15)12-23-20(19)18(24-21)14-22-13-17-5-3-4-10-26-17/h11-12,14-15,17H,3-7,10,13,21H2,1-2H3/b22-14?,24-18+. The van der Waals surface area contributed by atoms with Crippen LogP contribution in [0.2, 0.25) is 0 Å². The number of anilines is 1. The summed E-state index contributed by atoms with van der Waals surface area (Å²) in [7, 11) is 3.94. The lowest BCUT2D eigenvalue weighted by molar-refractivity contribution is 0.0226. The summed E-state index contributed by atoms with van der Waals surface area (Å²) < 4.78 is 5.70. The molecule has 2 N–H and O–H groups in total. The second-order valence-electron chi connectivity index (χ2n) is 7.03. The molecule has 0 spiro atoms. The summed E-state index contributed by atoms with van der Waals surface area (Å²) in [4.78, 5) is 11.0. The van der Waals surface area contributed by atoms with Crippen LogP contribution in [0.25, 0.3) is 0 Å². The Balaban J connectivity index is 1.75. The normalized spacial score (nSPS) is 20.7. The molecular formula is C20H27N5O. The van der Waals surface area contributed by atoms with E-state index in [9.17, 15) is 0 Å². The van der Waals surface area contributed by atoms with Crippen molar-refractivity contribution in [3.05, 3.63) is 23.5 Å². The minimum Gasteiger partial charge on any atom is -0.376 e. The van der Waals surface area contributed by atoms with E-state index in [1.165, 1.54) is 19.3 Å². The number of nitrogens with zero attached hydrogens (tertiary/aromatic N) is 4. The van der Waals surface area contributed by atoms with Gasteiger partial charge in [-0.1, -0.05) is 11.8 Å². The SMILES string of the molecule is CN(C)c1cc(C#CC2CC2)cnc1/C(C=NCC1CCCCO1)=N/N. The molecule has 2 fully saturated rings. The molecule has 1 aliphatic heterocycles. The van der Waals surface area contributed by atoms with Gasteiger partial charge in [-0.3, -0.25) is 9.98 Å². The highest BCUT2D eigenvalue weighted by atomic mass is 16.5. The third kappa shape index (κ3) is 5.06.